The fourth-order valence-corrected chi connectivity index (χ4v) is 6.53. The Balaban J connectivity index is 1.23. The van der Waals surface area contributed by atoms with E-state index < -0.39 is 5.54 Å². The van der Waals surface area contributed by atoms with Crippen molar-refractivity contribution in [1.82, 2.24) is 29.9 Å². The predicted molar refractivity (Wildman–Crippen MR) is 155 cm³/mol. The molecule has 3 fully saturated rings. The monoisotopic (exact) mass is 573 g/mol. The number of aromatic amines is 1. The standard InChI is InChI=1S/C31H36FN7O3/c1-21-23(5-3-6-26(21)32)19-39-30(42)38(27-9-8-25(22(2)35-27)24-17-33-34-18-24)20-31(39)11-15-37(16-12-31)29(41)10-14-36-13-4-7-28(36)40/h3,5-6,8-9,17-18H,4,7,10-16,19-20H2,1-2H3,(H,33,34). The zero-order chi connectivity index (χ0) is 29.4. The number of hydrogen-bond donors (Lipinski definition) is 1. The number of rotatable bonds is 7. The Kier molecular flexibility index (Phi) is 7.42. The molecule has 4 amide bonds. The predicted octanol–water partition coefficient (Wildman–Crippen LogP) is 4.04. The van der Waals surface area contributed by atoms with Crippen LogP contribution in [-0.4, -0.2) is 86.0 Å². The Bertz CT molecular complexity index is 1500. The molecule has 0 aliphatic carbocycles. The number of H-pyrrole nitrogens is 1. The van der Waals surface area contributed by atoms with Crippen molar-refractivity contribution in [3.8, 4) is 11.1 Å². The van der Waals surface area contributed by atoms with E-state index >= 15 is 0 Å². The number of urea groups is 1. The van der Waals surface area contributed by atoms with Gasteiger partial charge in [-0.15, -0.1) is 0 Å². The third-order valence-electron chi connectivity index (χ3n) is 9.17. The number of carbonyl (C=O) groups excluding carboxylic acids is 3. The van der Waals surface area contributed by atoms with E-state index in [9.17, 15) is 18.8 Å². The van der Waals surface area contributed by atoms with E-state index in [1.807, 2.05) is 34.9 Å². The quantitative estimate of drug-likeness (QED) is 0.459. The summed E-state index contributed by atoms with van der Waals surface area (Å²) in [6, 6.07) is 8.61. The molecule has 0 atom stereocenters. The Morgan fingerprint density at radius 2 is 1.90 bits per heavy atom. The summed E-state index contributed by atoms with van der Waals surface area (Å²) in [6.07, 6.45) is 6.47. The molecule has 11 heteroatoms. The van der Waals surface area contributed by atoms with Gasteiger partial charge in [0.25, 0.3) is 0 Å². The van der Waals surface area contributed by atoms with Crippen LogP contribution in [0.4, 0.5) is 15.0 Å². The lowest BCUT2D eigenvalue weighted by molar-refractivity contribution is -0.134. The first-order valence-corrected chi connectivity index (χ1v) is 14.6. The van der Waals surface area contributed by atoms with E-state index in [1.165, 1.54) is 6.07 Å². The Labute approximate surface area is 244 Å². The number of aromatic nitrogens is 3. The minimum Gasteiger partial charge on any atom is -0.342 e. The zero-order valence-electron chi connectivity index (χ0n) is 24.1. The molecule has 2 aromatic heterocycles. The van der Waals surface area contributed by atoms with Crippen LogP contribution in [0, 0.1) is 19.7 Å². The van der Waals surface area contributed by atoms with Crippen LogP contribution in [0.1, 0.15) is 48.9 Å². The highest BCUT2D eigenvalue weighted by molar-refractivity contribution is 5.95. The molecule has 3 aliphatic rings. The maximum atomic E-state index is 14.5. The van der Waals surface area contributed by atoms with Crippen LogP contribution in [0.5, 0.6) is 0 Å². The van der Waals surface area contributed by atoms with Crippen molar-refractivity contribution in [2.75, 3.05) is 37.6 Å². The Hall–Kier alpha value is -4.28. The van der Waals surface area contributed by atoms with Gasteiger partial charge in [0.1, 0.15) is 11.6 Å². The van der Waals surface area contributed by atoms with Crippen LogP contribution in [0.15, 0.2) is 42.7 Å². The van der Waals surface area contributed by atoms with Crippen LogP contribution in [0.25, 0.3) is 11.1 Å². The molecule has 1 aromatic carbocycles. The molecule has 220 valence electrons. The molecular weight excluding hydrogens is 537 g/mol. The first-order valence-electron chi connectivity index (χ1n) is 14.6. The average molecular weight is 574 g/mol. The van der Waals surface area contributed by atoms with Gasteiger partial charge in [0.15, 0.2) is 0 Å². The number of halogens is 1. The molecule has 6 rings (SSSR count). The zero-order valence-corrected chi connectivity index (χ0v) is 24.1. The third kappa shape index (κ3) is 5.12. The van der Waals surface area contributed by atoms with Crippen molar-refractivity contribution in [3.05, 3.63) is 65.4 Å². The first kappa shape index (κ1) is 27.9. The molecule has 3 aromatic rings. The maximum Gasteiger partial charge on any atom is 0.326 e. The van der Waals surface area contributed by atoms with E-state index in [0.29, 0.717) is 63.2 Å². The van der Waals surface area contributed by atoms with Crippen molar-refractivity contribution >= 4 is 23.7 Å². The minimum absolute atomic E-state index is 0.0328. The van der Waals surface area contributed by atoms with Crippen molar-refractivity contribution < 1.29 is 18.8 Å². The van der Waals surface area contributed by atoms with Gasteiger partial charge < -0.3 is 14.7 Å². The molecule has 0 radical (unpaired) electrons. The van der Waals surface area contributed by atoms with Crippen molar-refractivity contribution in [2.24, 2.45) is 0 Å². The van der Waals surface area contributed by atoms with Crippen LogP contribution >= 0.6 is 0 Å². The SMILES string of the molecule is Cc1nc(N2CC3(CCN(C(=O)CCN4CCCC4=O)CC3)N(Cc3cccc(F)c3C)C2=O)ccc1-c1cn[nH]c1. The van der Waals surface area contributed by atoms with Gasteiger partial charge in [-0.05, 0) is 62.4 Å². The number of nitrogens with zero attached hydrogens (tertiary/aromatic N) is 6. The molecule has 3 saturated heterocycles. The summed E-state index contributed by atoms with van der Waals surface area (Å²) in [7, 11) is 0. The first-order chi connectivity index (χ1) is 20.3. The number of carbonyl (C=O) groups is 3. The maximum absolute atomic E-state index is 14.5. The molecule has 1 N–H and O–H groups in total. The lowest BCUT2D eigenvalue weighted by Crippen LogP contribution is -2.55. The second-order valence-electron chi connectivity index (χ2n) is 11.6. The van der Waals surface area contributed by atoms with E-state index in [2.05, 4.69) is 10.2 Å². The fraction of sp³-hybridized carbons (Fsp3) is 0.452. The van der Waals surface area contributed by atoms with Gasteiger partial charge in [-0.3, -0.25) is 19.6 Å². The summed E-state index contributed by atoms with van der Waals surface area (Å²) in [5.41, 5.74) is 3.40. The Morgan fingerprint density at radius 3 is 2.60 bits per heavy atom. The number of hydrogen-bond acceptors (Lipinski definition) is 5. The number of nitrogens with one attached hydrogen (secondary N) is 1. The Morgan fingerprint density at radius 1 is 1.10 bits per heavy atom. The van der Waals surface area contributed by atoms with Gasteiger partial charge in [-0.2, -0.15) is 5.10 Å². The normalized spacial score (nSPS) is 18.5. The van der Waals surface area contributed by atoms with Crippen LogP contribution < -0.4 is 4.90 Å². The third-order valence-corrected chi connectivity index (χ3v) is 9.17. The summed E-state index contributed by atoms with van der Waals surface area (Å²) < 4.78 is 14.5. The molecule has 10 nitrogen and oxygen atoms in total. The molecule has 3 aliphatic heterocycles. The van der Waals surface area contributed by atoms with Gasteiger partial charge in [0.2, 0.25) is 11.8 Å². The molecule has 5 heterocycles. The van der Waals surface area contributed by atoms with Gasteiger partial charge in [-0.1, -0.05) is 12.1 Å². The number of piperidine rings is 1. The number of pyridine rings is 1. The average Bonchev–Trinajstić information content (AvgIpc) is 3.72. The van der Waals surface area contributed by atoms with E-state index in [1.54, 1.807) is 35.2 Å². The second-order valence-corrected chi connectivity index (χ2v) is 11.6. The number of anilines is 1. The summed E-state index contributed by atoms with van der Waals surface area (Å²) in [5, 5.41) is 6.85. The van der Waals surface area contributed by atoms with Crippen molar-refractivity contribution in [1.29, 1.82) is 0 Å². The summed E-state index contributed by atoms with van der Waals surface area (Å²) in [4.78, 5) is 51.1. The summed E-state index contributed by atoms with van der Waals surface area (Å²) in [5.74, 6) is 0.422. The van der Waals surface area contributed by atoms with E-state index in [4.69, 9.17) is 4.98 Å². The van der Waals surface area contributed by atoms with Crippen LogP contribution in [0.2, 0.25) is 0 Å². The van der Waals surface area contributed by atoms with Crippen LogP contribution in [0.3, 0.4) is 0 Å². The molecule has 0 bridgehead atoms. The molecular formula is C31H36FN7O3. The number of amides is 4. The van der Waals surface area contributed by atoms with Crippen molar-refractivity contribution in [2.45, 2.75) is 58.0 Å². The summed E-state index contributed by atoms with van der Waals surface area (Å²) in [6.45, 7) is 6.56. The van der Waals surface area contributed by atoms with E-state index in [-0.39, 0.29) is 30.2 Å². The second kappa shape index (κ2) is 11.2. The smallest absolute Gasteiger partial charge is 0.326 e. The lowest BCUT2D eigenvalue weighted by atomic mass is 9.86. The molecule has 0 unspecified atom stereocenters. The molecule has 42 heavy (non-hydrogen) atoms. The van der Waals surface area contributed by atoms with Crippen molar-refractivity contribution in [3.63, 3.8) is 0 Å². The summed E-state index contributed by atoms with van der Waals surface area (Å²) >= 11 is 0. The van der Waals surface area contributed by atoms with Gasteiger partial charge >= 0.3 is 6.03 Å². The number of likely N-dealkylation sites (tertiary alicyclic amines) is 2. The van der Waals surface area contributed by atoms with Gasteiger partial charge in [-0.25, -0.2) is 14.2 Å². The number of aryl methyl sites for hydroxylation is 1. The van der Waals surface area contributed by atoms with E-state index in [0.717, 1.165) is 35.3 Å². The van der Waals surface area contributed by atoms with Gasteiger partial charge in [0.05, 0.1) is 18.3 Å². The largest absolute Gasteiger partial charge is 0.342 e. The number of benzene rings is 1. The molecule has 1 spiro atoms. The molecule has 0 saturated carbocycles. The minimum atomic E-state index is -0.531. The van der Waals surface area contributed by atoms with Gasteiger partial charge in [0, 0.05) is 68.6 Å². The van der Waals surface area contributed by atoms with Crippen LogP contribution in [-0.2, 0) is 16.1 Å². The highest BCUT2D eigenvalue weighted by Gasteiger charge is 2.52. The topological polar surface area (TPSA) is 106 Å². The highest BCUT2D eigenvalue weighted by Crippen LogP contribution is 2.40. The fourth-order valence-electron chi connectivity index (χ4n) is 6.53. The lowest BCUT2D eigenvalue weighted by Gasteiger charge is -2.44. The highest BCUT2D eigenvalue weighted by atomic mass is 19.1.